The Bertz CT molecular complexity index is 297. The summed E-state index contributed by atoms with van der Waals surface area (Å²) in [7, 11) is 0. The number of hydrogen-bond acceptors (Lipinski definition) is 2. The largest absolute Gasteiger partial charge is 0.296 e. The lowest BCUT2D eigenvalue weighted by molar-refractivity contribution is 0.146. The SMILES string of the molecule is CCCCN1CCCC[C@@H]1c1cccnc1. The van der Waals surface area contributed by atoms with E-state index in [0.29, 0.717) is 6.04 Å². The molecule has 0 N–H and O–H groups in total. The van der Waals surface area contributed by atoms with Crippen molar-refractivity contribution in [1.29, 1.82) is 0 Å². The maximum atomic E-state index is 4.25. The molecule has 1 atom stereocenters. The topological polar surface area (TPSA) is 16.1 Å². The summed E-state index contributed by atoms with van der Waals surface area (Å²) in [5.74, 6) is 0. The van der Waals surface area contributed by atoms with Gasteiger partial charge in [-0.25, -0.2) is 0 Å². The third-order valence-corrected chi connectivity index (χ3v) is 3.48. The van der Waals surface area contributed by atoms with Crippen LogP contribution in [0, 0.1) is 0 Å². The molecule has 2 heteroatoms. The van der Waals surface area contributed by atoms with Gasteiger partial charge in [-0.2, -0.15) is 0 Å². The predicted molar refractivity (Wildman–Crippen MR) is 67.3 cm³/mol. The van der Waals surface area contributed by atoms with Crippen molar-refractivity contribution in [3.8, 4) is 0 Å². The highest BCUT2D eigenvalue weighted by Crippen LogP contribution is 2.30. The van der Waals surface area contributed by atoms with Gasteiger partial charge in [-0.3, -0.25) is 9.88 Å². The van der Waals surface area contributed by atoms with Crippen LogP contribution in [0.1, 0.15) is 50.6 Å². The lowest BCUT2D eigenvalue weighted by Gasteiger charge is -2.35. The van der Waals surface area contributed by atoms with Gasteiger partial charge in [0.1, 0.15) is 0 Å². The molecule has 16 heavy (non-hydrogen) atoms. The van der Waals surface area contributed by atoms with Crippen LogP contribution >= 0.6 is 0 Å². The lowest BCUT2D eigenvalue weighted by atomic mass is 9.96. The third-order valence-electron chi connectivity index (χ3n) is 3.48. The third kappa shape index (κ3) is 2.82. The minimum absolute atomic E-state index is 0.619. The van der Waals surface area contributed by atoms with Gasteiger partial charge in [0.2, 0.25) is 0 Å². The van der Waals surface area contributed by atoms with Crippen molar-refractivity contribution in [3.05, 3.63) is 30.1 Å². The van der Waals surface area contributed by atoms with Crippen molar-refractivity contribution in [2.24, 2.45) is 0 Å². The normalized spacial score (nSPS) is 22.2. The second kappa shape index (κ2) is 6.00. The van der Waals surface area contributed by atoms with E-state index >= 15 is 0 Å². The fourth-order valence-corrected chi connectivity index (χ4v) is 2.57. The predicted octanol–water partition coefficient (Wildman–Crippen LogP) is 3.41. The highest BCUT2D eigenvalue weighted by atomic mass is 15.2. The summed E-state index contributed by atoms with van der Waals surface area (Å²) in [6.07, 6.45) is 10.5. The van der Waals surface area contributed by atoms with Crippen LogP contribution in [0.25, 0.3) is 0 Å². The molecular formula is C14H22N2. The Balaban J connectivity index is 2.04. The zero-order chi connectivity index (χ0) is 11.2. The van der Waals surface area contributed by atoms with Gasteiger partial charge >= 0.3 is 0 Å². The van der Waals surface area contributed by atoms with Crippen LogP contribution in [0.2, 0.25) is 0 Å². The van der Waals surface area contributed by atoms with Crippen LogP contribution in [0.5, 0.6) is 0 Å². The van der Waals surface area contributed by atoms with Crippen LogP contribution in [0.4, 0.5) is 0 Å². The van der Waals surface area contributed by atoms with Crippen LogP contribution in [0.15, 0.2) is 24.5 Å². The van der Waals surface area contributed by atoms with Crippen LogP contribution < -0.4 is 0 Å². The van der Waals surface area contributed by atoms with E-state index in [1.807, 2.05) is 12.4 Å². The van der Waals surface area contributed by atoms with E-state index in [9.17, 15) is 0 Å². The van der Waals surface area contributed by atoms with E-state index in [0.717, 1.165) is 0 Å². The van der Waals surface area contributed by atoms with E-state index in [4.69, 9.17) is 0 Å². The quantitative estimate of drug-likeness (QED) is 0.770. The van der Waals surface area contributed by atoms with Gasteiger partial charge in [0, 0.05) is 18.4 Å². The molecule has 1 aromatic heterocycles. The number of rotatable bonds is 4. The number of nitrogens with zero attached hydrogens (tertiary/aromatic N) is 2. The second-order valence-electron chi connectivity index (χ2n) is 4.69. The Morgan fingerprint density at radius 3 is 3.12 bits per heavy atom. The average Bonchev–Trinajstić information content (AvgIpc) is 2.38. The molecule has 0 aliphatic carbocycles. The molecule has 1 aliphatic rings. The zero-order valence-electron chi connectivity index (χ0n) is 10.2. The summed E-state index contributed by atoms with van der Waals surface area (Å²) >= 11 is 0. The number of pyridine rings is 1. The molecule has 0 amide bonds. The van der Waals surface area contributed by atoms with E-state index in [2.05, 4.69) is 28.9 Å². The molecule has 1 aliphatic heterocycles. The molecule has 0 unspecified atom stereocenters. The van der Waals surface area contributed by atoms with E-state index in [1.165, 1.54) is 50.8 Å². The average molecular weight is 218 g/mol. The van der Waals surface area contributed by atoms with Crippen molar-refractivity contribution < 1.29 is 0 Å². The fourth-order valence-electron chi connectivity index (χ4n) is 2.57. The first-order valence-corrected chi connectivity index (χ1v) is 6.56. The summed E-state index contributed by atoms with van der Waals surface area (Å²) in [6, 6.07) is 4.90. The molecule has 0 saturated carbocycles. The second-order valence-corrected chi connectivity index (χ2v) is 4.69. The first kappa shape index (κ1) is 11.6. The van der Waals surface area contributed by atoms with Gasteiger partial charge in [-0.15, -0.1) is 0 Å². The molecule has 0 radical (unpaired) electrons. The molecule has 2 nitrogen and oxygen atoms in total. The van der Waals surface area contributed by atoms with Gasteiger partial charge in [0.05, 0.1) is 0 Å². The monoisotopic (exact) mass is 218 g/mol. The summed E-state index contributed by atoms with van der Waals surface area (Å²) < 4.78 is 0. The standard InChI is InChI=1S/C14H22N2/c1-2-3-10-16-11-5-4-8-14(16)13-7-6-9-15-12-13/h6-7,9,12,14H,2-5,8,10-11H2,1H3/t14-/m1/s1. The highest BCUT2D eigenvalue weighted by molar-refractivity contribution is 5.14. The van der Waals surface area contributed by atoms with Crippen molar-refractivity contribution in [2.75, 3.05) is 13.1 Å². The maximum Gasteiger partial charge on any atom is 0.0363 e. The number of unbranched alkanes of at least 4 members (excludes halogenated alkanes) is 1. The van der Waals surface area contributed by atoms with Crippen molar-refractivity contribution in [3.63, 3.8) is 0 Å². The molecule has 2 heterocycles. The lowest BCUT2D eigenvalue weighted by Crippen LogP contribution is -2.34. The van der Waals surface area contributed by atoms with Gasteiger partial charge in [0.15, 0.2) is 0 Å². The smallest absolute Gasteiger partial charge is 0.0363 e. The van der Waals surface area contributed by atoms with E-state index in [1.54, 1.807) is 0 Å². The van der Waals surface area contributed by atoms with Gasteiger partial charge in [-0.05, 0) is 44.0 Å². The van der Waals surface area contributed by atoms with Gasteiger partial charge in [0.25, 0.3) is 0 Å². The van der Waals surface area contributed by atoms with Gasteiger partial charge in [-0.1, -0.05) is 25.8 Å². The number of piperidine rings is 1. The summed E-state index contributed by atoms with van der Waals surface area (Å²) in [5, 5.41) is 0. The van der Waals surface area contributed by atoms with Gasteiger partial charge < -0.3 is 0 Å². The molecule has 1 aromatic rings. The Labute approximate surface area is 98.7 Å². The molecule has 88 valence electrons. The van der Waals surface area contributed by atoms with Crippen LogP contribution in [0.3, 0.4) is 0 Å². The fraction of sp³-hybridized carbons (Fsp3) is 0.643. The summed E-state index contributed by atoms with van der Waals surface area (Å²) in [5.41, 5.74) is 1.40. The zero-order valence-corrected chi connectivity index (χ0v) is 10.2. The number of likely N-dealkylation sites (tertiary alicyclic amines) is 1. The van der Waals surface area contributed by atoms with E-state index in [-0.39, 0.29) is 0 Å². The molecule has 2 rings (SSSR count). The van der Waals surface area contributed by atoms with Crippen LogP contribution in [-0.4, -0.2) is 23.0 Å². The van der Waals surface area contributed by atoms with Crippen molar-refractivity contribution in [1.82, 2.24) is 9.88 Å². The molecule has 1 saturated heterocycles. The number of hydrogen-bond donors (Lipinski definition) is 0. The molecule has 0 aromatic carbocycles. The summed E-state index contributed by atoms with van der Waals surface area (Å²) in [4.78, 5) is 6.89. The van der Waals surface area contributed by atoms with Crippen LogP contribution in [-0.2, 0) is 0 Å². The number of aromatic nitrogens is 1. The molecule has 0 spiro atoms. The highest BCUT2D eigenvalue weighted by Gasteiger charge is 2.22. The molecule has 0 bridgehead atoms. The first-order valence-electron chi connectivity index (χ1n) is 6.56. The molecular weight excluding hydrogens is 196 g/mol. The van der Waals surface area contributed by atoms with E-state index < -0.39 is 0 Å². The Kier molecular flexibility index (Phi) is 4.34. The Morgan fingerprint density at radius 2 is 2.38 bits per heavy atom. The minimum Gasteiger partial charge on any atom is -0.296 e. The first-order chi connectivity index (χ1) is 7.92. The Morgan fingerprint density at radius 1 is 1.44 bits per heavy atom. The van der Waals surface area contributed by atoms with Crippen molar-refractivity contribution in [2.45, 2.75) is 45.1 Å². The van der Waals surface area contributed by atoms with Crippen molar-refractivity contribution >= 4 is 0 Å². The summed E-state index contributed by atoms with van der Waals surface area (Å²) in [6.45, 7) is 4.78. The molecule has 1 fully saturated rings. The Hall–Kier alpha value is -0.890. The maximum absolute atomic E-state index is 4.25. The minimum atomic E-state index is 0.619.